The maximum atomic E-state index is 10.6. The lowest BCUT2D eigenvalue weighted by Crippen LogP contribution is -2.03. The number of hydrogen-bond donors (Lipinski definition) is 1. The first kappa shape index (κ1) is 14.0. The van der Waals surface area contributed by atoms with Gasteiger partial charge in [0.1, 0.15) is 11.8 Å². The minimum atomic E-state index is -0.904. The third-order valence-corrected chi connectivity index (χ3v) is 3.43. The smallest absolute Gasteiger partial charge is 0.313 e. The number of hydrogen-bond acceptors (Lipinski definition) is 6. The van der Waals surface area contributed by atoms with Gasteiger partial charge in [-0.1, -0.05) is 11.8 Å². The van der Waals surface area contributed by atoms with E-state index in [0.29, 0.717) is 28.8 Å². The summed E-state index contributed by atoms with van der Waals surface area (Å²) in [6, 6.07) is 5.35. The number of rotatable bonds is 5. The number of carboxylic acid groups (broad SMARTS) is 1. The normalized spacial score (nSPS) is 10.2. The zero-order valence-electron chi connectivity index (χ0n) is 10.6. The van der Waals surface area contributed by atoms with E-state index in [-0.39, 0.29) is 5.75 Å². The van der Waals surface area contributed by atoms with Crippen LogP contribution in [0.25, 0.3) is 11.5 Å². The van der Waals surface area contributed by atoms with Crippen LogP contribution in [-0.2, 0) is 11.3 Å². The highest BCUT2D eigenvalue weighted by Gasteiger charge is 2.15. The van der Waals surface area contributed by atoms with Crippen LogP contribution in [0.5, 0.6) is 0 Å². The Hall–Kier alpha value is -2.40. The Morgan fingerprint density at radius 1 is 1.50 bits per heavy atom. The molecule has 0 spiro atoms. The number of nitrogens with zero attached hydrogens (tertiary/aromatic N) is 5. The third-order valence-electron chi connectivity index (χ3n) is 2.48. The minimum absolute atomic E-state index is 0.0705. The number of thioether (sulfide) groups is 1. The average molecular weight is 289 g/mol. The zero-order chi connectivity index (χ0) is 14.5. The number of aliphatic carboxylic acids is 1. The van der Waals surface area contributed by atoms with Crippen LogP contribution in [-0.4, -0.2) is 36.6 Å². The molecule has 20 heavy (non-hydrogen) atoms. The standard InChI is InChI=1S/C12H11N5O2S/c1-2-17-11(9-4-3-8(5-13)6-14-9)15-16-12(17)20-7-10(18)19/h3-4,6H,2,7H2,1H3,(H,18,19). The molecular weight excluding hydrogens is 278 g/mol. The van der Waals surface area contributed by atoms with Gasteiger partial charge in [-0.2, -0.15) is 5.26 Å². The summed E-state index contributed by atoms with van der Waals surface area (Å²) in [7, 11) is 0. The van der Waals surface area contributed by atoms with E-state index >= 15 is 0 Å². The van der Waals surface area contributed by atoms with Crippen LogP contribution in [0.2, 0.25) is 0 Å². The molecule has 0 radical (unpaired) electrons. The lowest BCUT2D eigenvalue weighted by molar-refractivity contribution is -0.133. The number of nitriles is 1. The van der Waals surface area contributed by atoms with Crippen LogP contribution in [0.4, 0.5) is 0 Å². The van der Waals surface area contributed by atoms with Gasteiger partial charge in [0.05, 0.1) is 11.3 Å². The van der Waals surface area contributed by atoms with E-state index in [0.717, 1.165) is 11.8 Å². The maximum absolute atomic E-state index is 10.6. The topological polar surface area (TPSA) is 105 Å². The highest BCUT2D eigenvalue weighted by Crippen LogP contribution is 2.22. The van der Waals surface area contributed by atoms with Crippen molar-refractivity contribution in [2.45, 2.75) is 18.6 Å². The molecule has 0 bridgehead atoms. The second-order valence-corrected chi connectivity index (χ2v) is 4.72. The quantitative estimate of drug-likeness (QED) is 0.829. The van der Waals surface area contributed by atoms with Crippen molar-refractivity contribution in [2.75, 3.05) is 5.75 Å². The molecule has 7 nitrogen and oxygen atoms in total. The van der Waals surface area contributed by atoms with Crippen molar-refractivity contribution in [3.05, 3.63) is 23.9 Å². The first-order chi connectivity index (χ1) is 9.65. The van der Waals surface area contributed by atoms with Gasteiger partial charge in [-0.15, -0.1) is 10.2 Å². The summed E-state index contributed by atoms with van der Waals surface area (Å²) >= 11 is 1.11. The highest BCUT2D eigenvalue weighted by molar-refractivity contribution is 7.99. The first-order valence-electron chi connectivity index (χ1n) is 5.80. The maximum Gasteiger partial charge on any atom is 0.313 e. The minimum Gasteiger partial charge on any atom is -0.481 e. The highest BCUT2D eigenvalue weighted by atomic mass is 32.2. The molecule has 0 fully saturated rings. The van der Waals surface area contributed by atoms with E-state index in [1.165, 1.54) is 6.20 Å². The molecule has 0 aliphatic carbocycles. The van der Waals surface area contributed by atoms with E-state index in [1.54, 1.807) is 16.7 Å². The molecule has 0 unspecified atom stereocenters. The summed E-state index contributed by atoms with van der Waals surface area (Å²) in [5.74, 6) is -0.414. The summed E-state index contributed by atoms with van der Waals surface area (Å²) in [5.41, 5.74) is 1.07. The Morgan fingerprint density at radius 3 is 2.85 bits per heavy atom. The van der Waals surface area contributed by atoms with Gasteiger partial charge in [-0.25, -0.2) is 0 Å². The Balaban J connectivity index is 2.31. The molecule has 1 N–H and O–H groups in total. The fraction of sp³-hybridized carbons (Fsp3) is 0.250. The molecule has 0 aliphatic heterocycles. The molecule has 2 heterocycles. The van der Waals surface area contributed by atoms with Crippen LogP contribution in [0.1, 0.15) is 12.5 Å². The van der Waals surface area contributed by atoms with Crippen molar-refractivity contribution in [1.82, 2.24) is 19.7 Å². The van der Waals surface area contributed by atoms with Gasteiger partial charge in [0, 0.05) is 12.7 Å². The fourth-order valence-electron chi connectivity index (χ4n) is 1.59. The van der Waals surface area contributed by atoms with Gasteiger partial charge in [0.2, 0.25) is 0 Å². The summed E-state index contributed by atoms with van der Waals surface area (Å²) < 4.78 is 1.79. The third kappa shape index (κ3) is 2.95. The van der Waals surface area contributed by atoms with Gasteiger partial charge < -0.3 is 9.67 Å². The predicted octanol–water partition coefficient (Wildman–Crippen LogP) is 1.41. The van der Waals surface area contributed by atoms with Crippen molar-refractivity contribution in [2.24, 2.45) is 0 Å². The first-order valence-corrected chi connectivity index (χ1v) is 6.78. The molecule has 0 atom stereocenters. The molecule has 2 rings (SSSR count). The number of carboxylic acids is 1. The zero-order valence-corrected chi connectivity index (χ0v) is 11.5. The average Bonchev–Trinajstić information content (AvgIpc) is 2.88. The molecular formula is C12H11N5O2S. The summed E-state index contributed by atoms with van der Waals surface area (Å²) in [4.78, 5) is 14.8. The molecule has 2 aromatic rings. The van der Waals surface area contributed by atoms with Gasteiger partial charge in [0.25, 0.3) is 0 Å². The van der Waals surface area contributed by atoms with E-state index < -0.39 is 5.97 Å². The van der Waals surface area contributed by atoms with Crippen LogP contribution in [0, 0.1) is 11.3 Å². The number of aromatic nitrogens is 4. The van der Waals surface area contributed by atoms with E-state index in [4.69, 9.17) is 10.4 Å². The summed E-state index contributed by atoms with van der Waals surface area (Å²) in [6.07, 6.45) is 1.47. The Labute approximate surface area is 119 Å². The van der Waals surface area contributed by atoms with Crippen LogP contribution in [0.3, 0.4) is 0 Å². The van der Waals surface area contributed by atoms with E-state index in [2.05, 4.69) is 15.2 Å². The van der Waals surface area contributed by atoms with E-state index in [9.17, 15) is 4.79 Å². The van der Waals surface area contributed by atoms with Crippen molar-refractivity contribution in [1.29, 1.82) is 5.26 Å². The lowest BCUT2D eigenvalue weighted by atomic mass is 10.2. The SMILES string of the molecule is CCn1c(SCC(=O)O)nnc1-c1ccc(C#N)cn1. The van der Waals surface area contributed by atoms with Crippen molar-refractivity contribution in [3.8, 4) is 17.6 Å². The van der Waals surface area contributed by atoms with Gasteiger partial charge in [-0.3, -0.25) is 9.78 Å². The number of carbonyl (C=O) groups is 1. The molecule has 0 amide bonds. The van der Waals surface area contributed by atoms with Gasteiger partial charge in [0.15, 0.2) is 11.0 Å². The van der Waals surface area contributed by atoms with Crippen LogP contribution >= 0.6 is 11.8 Å². The lowest BCUT2D eigenvalue weighted by Gasteiger charge is -2.05. The molecule has 0 aliphatic rings. The fourth-order valence-corrected chi connectivity index (χ4v) is 2.31. The number of pyridine rings is 1. The van der Waals surface area contributed by atoms with E-state index in [1.807, 2.05) is 13.0 Å². The van der Waals surface area contributed by atoms with Crippen LogP contribution in [0.15, 0.2) is 23.5 Å². The second-order valence-electron chi connectivity index (χ2n) is 3.78. The predicted molar refractivity (Wildman–Crippen MR) is 72.0 cm³/mol. The van der Waals surface area contributed by atoms with Crippen molar-refractivity contribution in [3.63, 3.8) is 0 Å². The summed E-state index contributed by atoms with van der Waals surface area (Å²) in [6.45, 7) is 2.52. The second kappa shape index (κ2) is 6.16. The molecule has 102 valence electrons. The van der Waals surface area contributed by atoms with Gasteiger partial charge >= 0.3 is 5.97 Å². The Morgan fingerprint density at radius 2 is 2.30 bits per heavy atom. The molecule has 2 aromatic heterocycles. The monoisotopic (exact) mass is 289 g/mol. The van der Waals surface area contributed by atoms with Crippen molar-refractivity contribution < 1.29 is 9.90 Å². The molecule has 0 saturated carbocycles. The van der Waals surface area contributed by atoms with Crippen molar-refractivity contribution >= 4 is 17.7 Å². The largest absolute Gasteiger partial charge is 0.481 e. The Bertz CT molecular complexity index is 659. The molecule has 0 saturated heterocycles. The molecule has 0 aromatic carbocycles. The summed E-state index contributed by atoms with van der Waals surface area (Å²) in [5, 5.41) is 26.0. The molecule has 8 heteroatoms. The van der Waals surface area contributed by atoms with Gasteiger partial charge in [-0.05, 0) is 19.1 Å². The van der Waals surface area contributed by atoms with Crippen LogP contribution < -0.4 is 0 Å². The Kier molecular flexibility index (Phi) is 4.32.